The minimum absolute atomic E-state index is 0.0693. The smallest absolute Gasteiger partial charge is 0.235 e. The minimum atomic E-state index is -1.08. The van der Waals surface area contributed by atoms with Crippen LogP contribution >= 0.6 is 0 Å². The van der Waals surface area contributed by atoms with Crippen LogP contribution in [0.15, 0.2) is 30.3 Å². The molecule has 0 heterocycles. The summed E-state index contributed by atoms with van der Waals surface area (Å²) >= 11 is 0. The summed E-state index contributed by atoms with van der Waals surface area (Å²) in [6.45, 7) is 6.32. The van der Waals surface area contributed by atoms with Crippen LogP contribution < -0.4 is 21.7 Å². The second-order valence-electron chi connectivity index (χ2n) is 6.12. The number of nitrogens with one attached hydrogen (secondary N) is 4. The van der Waals surface area contributed by atoms with Gasteiger partial charge in [-0.2, -0.15) is 0 Å². The fourth-order valence-electron chi connectivity index (χ4n) is 2.67. The lowest BCUT2D eigenvalue weighted by Crippen LogP contribution is -2.50. The number of unbranched alkanes of at least 4 members (excludes halogenated alkanes) is 1. The van der Waals surface area contributed by atoms with Gasteiger partial charge in [-0.3, -0.25) is 15.0 Å². The van der Waals surface area contributed by atoms with Crippen LogP contribution in [0.1, 0.15) is 45.1 Å². The first-order valence-corrected chi connectivity index (χ1v) is 8.99. The van der Waals surface area contributed by atoms with E-state index in [9.17, 15) is 9.59 Å². The third-order valence-electron chi connectivity index (χ3n) is 4.45. The molecule has 6 N–H and O–H groups in total. The Labute approximate surface area is 155 Å². The number of carbonyl (C=O) groups excluding carboxylic acids is 2. The van der Waals surface area contributed by atoms with Crippen molar-refractivity contribution >= 4 is 17.8 Å². The van der Waals surface area contributed by atoms with Crippen molar-refractivity contribution in [3.63, 3.8) is 0 Å². The van der Waals surface area contributed by atoms with Crippen molar-refractivity contribution < 1.29 is 9.59 Å². The molecule has 0 spiro atoms. The summed E-state index contributed by atoms with van der Waals surface area (Å²) in [7, 11) is 0. The van der Waals surface area contributed by atoms with Crippen LogP contribution in [0.4, 0.5) is 0 Å². The van der Waals surface area contributed by atoms with E-state index in [2.05, 4.69) is 16.0 Å². The van der Waals surface area contributed by atoms with Gasteiger partial charge in [0.1, 0.15) is 5.41 Å². The third kappa shape index (κ3) is 6.38. The zero-order valence-corrected chi connectivity index (χ0v) is 15.6. The van der Waals surface area contributed by atoms with Crippen molar-refractivity contribution in [3.8, 4) is 0 Å². The van der Waals surface area contributed by atoms with Crippen LogP contribution in [0.2, 0.25) is 0 Å². The van der Waals surface area contributed by atoms with Crippen molar-refractivity contribution in [2.75, 3.05) is 6.54 Å². The van der Waals surface area contributed by atoms with E-state index < -0.39 is 5.41 Å². The maximum Gasteiger partial charge on any atom is 0.235 e. The van der Waals surface area contributed by atoms with Gasteiger partial charge in [-0.05, 0) is 31.2 Å². The molecule has 0 aliphatic heterocycles. The number of rotatable bonds is 11. The van der Waals surface area contributed by atoms with Gasteiger partial charge in [-0.1, -0.05) is 44.2 Å². The van der Waals surface area contributed by atoms with E-state index in [1.807, 2.05) is 44.2 Å². The first-order chi connectivity index (χ1) is 12.5. The van der Waals surface area contributed by atoms with Crippen LogP contribution in [0, 0.1) is 17.4 Å². The molecule has 0 aliphatic carbocycles. The van der Waals surface area contributed by atoms with Gasteiger partial charge in [-0.15, -0.1) is 0 Å². The second kappa shape index (κ2) is 11.1. The van der Waals surface area contributed by atoms with E-state index in [1.54, 1.807) is 6.54 Å². The minimum Gasteiger partial charge on any atom is -0.370 e. The molecule has 7 heteroatoms. The molecule has 1 radical (unpaired) electrons. The maximum absolute atomic E-state index is 12.7. The van der Waals surface area contributed by atoms with Crippen molar-refractivity contribution in [1.82, 2.24) is 16.0 Å². The van der Waals surface area contributed by atoms with E-state index in [-0.39, 0.29) is 17.8 Å². The van der Waals surface area contributed by atoms with E-state index in [0.717, 1.165) is 12.0 Å². The number of carbonyl (C=O) groups is 2. The van der Waals surface area contributed by atoms with Crippen LogP contribution in [0.25, 0.3) is 0 Å². The van der Waals surface area contributed by atoms with Gasteiger partial charge in [0.25, 0.3) is 0 Å². The third-order valence-corrected chi connectivity index (χ3v) is 4.45. The number of amides is 2. The standard InChI is InChI=1S/C19H30N5O2/c1-3-19(4-2,16(25)22-12-8-9-13-23-18(20)21)17(26)24-14-15-10-6-5-7-11-15/h5-7,10-12H,3-4,8-9,13-14H2,1-2H3,(H,22,25)(H,24,26)(H4,20,21,23). The number of nitrogens with two attached hydrogens (primary N) is 1. The van der Waals surface area contributed by atoms with E-state index in [4.69, 9.17) is 11.1 Å². The Bertz CT molecular complexity index is 585. The Balaban J connectivity index is 2.53. The fraction of sp³-hybridized carbons (Fsp3) is 0.474. The monoisotopic (exact) mass is 360 g/mol. The molecule has 1 aromatic carbocycles. The first kappa shape index (κ1) is 21.5. The van der Waals surface area contributed by atoms with Crippen molar-refractivity contribution in [1.29, 1.82) is 5.41 Å². The predicted molar refractivity (Wildman–Crippen MR) is 103 cm³/mol. The molecule has 1 rings (SSSR count). The number of benzene rings is 1. The Kier molecular flexibility index (Phi) is 9.19. The van der Waals surface area contributed by atoms with Crippen molar-refractivity contribution in [3.05, 3.63) is 42.4 Å². The Hall–Kier alpha value is -2.57. The van der Waals surface area contributed by atoms with E-state index in [1.165, 1.54) is 0 Å². The lowest BCUT2D eigenvalue weighted by molar-refractivity contribution is -0.144. The number of guanidine groups is 1. The van der Waals surface area contributed by atoms with Gasteiger partial charge in [0.2, 0.25) is 11.8 Å². The summed E-state index contributed by atoms with van der Waals surface area (Å²) in [4.78, 5) is 25.4. The SMILES string of the molecule is CCC(CC)(C(=O)N[CH]CCCNC(=N)N)C(=O)NCc1ccccc1. The van der Waals surface area contributed by atoms with Gasteiger partial charge in [0.15, 0.2) is 5.96 Å². The largest absolute Gasteiger partial charge is 0.370 e. The molecule has 26 heavy (non-hydrogen) atoms. The molecular weight excluding hydrogens is 330 g/mol. The molecule has 0 aromatic heterocycles. The highest BCUT2D eigenvalue weighted by Gasteiger charge is 2.42. The van der Waals surface area contributed by atoms with Crippen LogP contribution in [-0.2, 0) is 16.1 Å². The molecule has 7 nitrogen and oxygen atoms in total. The Morgan fingerprint density at radius 1 is 1.12 bits per heavy atom. The summed E-state index contributed by atoms with van der Waals surface area (Å²) in [6, 6.07) is 9.61. The quantitative estimate of drug-likeness (QED) is 0.178. The molecule has 0 bridgehead atoms. The highest BCUT2D eigenvalue weighted by Crippen LogP contribution is 2.27. The Morgan fingerprint density at radius 3 is 2.35 bits per heavy atom. The summed E-state index contributed by atoms with van der Waals surface area (Å²) in [5, 5.41) is 15.4. The van der Waals surface area contributed by atoms with E-state index in [0.29, 0.717) is 32.4 Å². The summed E-state index contributed by atoms with van der Waals surface area (Å²) in [5.41, 5.74) is 5.11. The summed E-state index contributed by atoms with van der Waals surface area (Å²) in [6.07, 6.45) is 2.21. The zero-order chi connectivity index (χ0) is 19.4. The lowest BCUT2D eigenvalue weighted by Gasteiger charge is -2.29. The molecule has 143 valence electrons. The molecule has 1 aromatic rings. The topological polar surface area (TPSA) is 120 Å². The van der Waals surface area contributed by atoms with Gasteiger partial charge in [0.05, 0.1) is 0 Å². The van der Waals surface area contributed by atoms with E-state index >= 15 is 0 Å². The summed E-state index contributed by atoms with van der Waals surface area (Å²) in [5.74, 6) is -0.608. The van der Waals surface area contributed by atoms with Crippen LogP contribution in [-0.4, -0.2) is 24.3 Å². The fourth-order valence-corrected chi connectivity index (χ4v) is 2.67. The summed E-state index contributed by atoms with van der Waals surface area (Å²) < 4.78 is 0. The molecule has 2 amide bonds. The number of hydrogen-bond acceptors (Lipinski definition) is 3. The molecular formula is C19H30N5O2. The number of hydrogen-bond donors (Lipinski definition) is 5. The highest BCUT2D eigenvalue weighted by molar-refractivity contribution is 6.05. The average Bonchev–Trinajstić information content (AvgIpc) is 2.65. The van der Waals surface area contributed by atoms with Crippen LogP contribution in [0.3, 0.4) is 0 Å². The van der Waals surface area contributed by atoms with Crippen molar-refractivity contribution in [2.45, 2.75) is 46.1 Å². The van der Waals surface area contributed by atoms with Gasteiger partial charge in [0, 0.05) is 19.6 Å². The van der Waals surface area contributed by atoms with Gasteiger partial charge >= 0.3 is 0 Å². The molecule has 0 aliphatic rings. The average molecular weight is 360 g/mol. The maximum atomic E-state index is 12.7. The predicted octanol–water partition coefficient (Wildman–Crippen LogP) is 1.65. The molecule has 0 fully saturated rings. The van der Waals surface area contributed by atoms with Crippen molar-refractivity contribution in [2.24, 2.45) is 11.1 Å². The molecule has 0 saturated heterocycles. The van der Waals surface area contributed by atoms with Crippen LogP contribution in [0.5, 0.6) is 0 Å². The normalized spacial score (nSPS) is 10.8. The van der Waals surface area contributed by atoms with Gasteiger partial charge in [-0.25, -0.2) is 0 Å². The molecule has 0 atom stereocenters. The molecule has 0 saturated carbocycles. The lowest BCUT2D eigenvalue weighted by atomic mass is 9.80. The second-order valence-corrected chi connectivity index (χ2v) is 6.12. The first-order valence-electron chi connectivity index (χ1n) is 8.99. The zero-order valence-electron chi connectivity index (χ0n) is 15.6. The highest BCUT2D eigenvalue weighted by atomic mass is 16.2. The Morgan fingerprint density at radius 2 is 1.77 bits per heavy atom. The molecule has 0 unspecified atom stereocenters. The van der Waals surface area contributed by atoms with Gasteiger partial charge < -0.3 is 21.7 Å².